The van der Waals surface area contributed by atoms with E-state index >= 15 is 0 Å². The molecule has 2 aromatic rings. The predicted octanol–water partition coefficient (Wildman–Crippen LogP) is 4.90. The maximum absolute atomic E-state index is 12.9. The summed E-state index contributed by atoms with van der Waals surface area (Å²) in [5.41, 5.74) is 5.73. The van der Waals surface area contributed by atoms with Gasteiger partial charge in [-0.05, 0) is 53.0 Å². The summed E-state index contributed by atoms with van der Waals surface area (Å²) in [6.45, 7) is 13.5. The molecular weight excluding hydrogens is 366 g/mol. The Kier molecular flexibility index (Phi) is 6.68. The molecule has 3 rings (SSSR count). The molecule has 1 aromatic heterocycles. The lowest BCUT2D eigenvalue weighted by Crippen LogP contribution is -2.44. The van der Waals surface area contributed by atoms with Crippen molar-refractivity contribution in [1.82, 2.24) is 15.2 Å². The maximum atomic E-state index is 12.9. The Morgan fingerprint density at radius 1 is 1.25 bits per heavy atom. The van der Waals surface area contributed by atoms with E-state index in [9.17, 15) is 4.79 Å². The standard InChI is InChI=1S/C23H31N3OS/c1-15(2)8-11-26-12-9-19(10-13-26)25-22(27)21-18(5)24-23(28-21)20-7-6-16(3)14-17(20)4/h6-8,14,19H,9-13H2,1-5H3,(H,25,27). The van der Waals surface area contributed by atoms with Gasteiger partial charge in [0, 0.05) is 31.2 Å². The van der Waals surface area contributed by atoms with Gasteiger partial charge in [0.15, 0.2) is 0 Å². The molecule has 4 nitrogen and oxygen atoms in total. The van der Waals surface area contributed by atoms with E-state index < -0.39 is 0 Å². The highest BCUT2D eigenvalue weighted by Gasteiger charge is 2.23. The molecule has 1 aliphatic rings. The van der Waals surface area contributed by atoms with Crippen molar-refractivity contribution in [3.05, 3.63) is 51.5 Å². The molecule has 0 aliphatic carbocycles. The van der Waals surface area contributed by atoms with E-state index in [1.807, 2.05) is 6.92 Å². The number of hydrogen-bond donors (Lipinski definition) is 1. The van der Waals surface area contributed by atoms with E-state index in [4.69, 9.17) is 0 Å². The molecule has 1 saturated heterocycles. The number of amides is 1. The number of aryl methyl sites for hydroxylation is 3. The summed E-state index contributed by atoms with van der Waals surface area (Å²) in [5.74, 6) is 0.0220. The molecule has 1 amide bonds. The molecule has 0 saturated carbocycles. The first-order valence-electron chi connectivity index (χ1n) is 10.0. The molecule has 0 radical (unpaired) electrons. The summed E-state index contributed by atoms with van der Waals surface area (Å²) in [5, 5.41) is 4.17. The van der Waals surface area contributed by atoms with Gasteiger partial charge in [0.2, 0.25) is 0 Å². The van der Waals surface area contributed by atoms with E-state index in [1.165, 1.54) is 28.0 Å². The molecule has 28 heavy (non-hydrogen) atoms. The SMILES string of the molecule is CC(C)=CCN1CCC(NC(=O)c2sc(-c3ccc(C)cc3C)nc2C)CC1. The third kappa shape index (κ3) is 5.09. The minimum atomic E-state index is 0.0220. The third-order valence-corrected chi connectivity index (χ3v) is 6.49. The fourth-order valence-electron chi connectivity index (χ4n) is 3.60. The number of benzene rings is 1. The van der Waals surface area contributed by atoms with Gasteiger partial charge in [0.1, 0.15) is 9.88 Å². The summed E-state index contributed by atoms with van der Waals surface area (Å²) < 4.78 is 0. The fourth-order valence-corrected chi connectivity index (χ4v) is 4.66. The first-order chi connectivity index (χ1) is 13.3. The lowest BCUT2D eigenvalue weighted by Gasteiger charge is -2.31. The van der Waals surface area contributed by atoms with Crippen molar-refractivity contribution in [2.24, 2.45) is 0 Å². The van der Waals surface area contributed by atoms with Crippen molar-refractivity contribution in [3.63, 3.8) is 0 Å². The number of hydrogen-bond acceptors (Lipinski definition) is 4. The highest BCUT2D eigenvalue weighted by Crippen LogP contribution is 2.30. The van der Waals surface area contributed by atoms with Crippen LogP contribution in [0.5, 0.6) is 0 Å². The Balaban J connectivity index is 1.63. The van der Waals surface area contributed by atoms with Crippen molar-refractivity contribution < 1.29 is 4.79 Å². The van der Waals surface area contributed by atoms with Gasteiger partial charge in [0.25, 0.3) is 5.91 Å². The molecule has 150 valence electrons. The van der Waals surface area contributed by atoms with Crippen LogP contribution < -0.4 is 5.32 Å². The topological polar surface area (TPSA) is 45.2 Å². The maximum Gasteiger partial charge on any atom is 0.263 e. The van der Waals surface area contributed by atoms with Gasteiger partial charge < -0.3 is 5.32 Å². The number of piperidine rings is 1. The van der Waals surface area contributed by atoms with Crippen LogP contribution in [0.4, 0.5) is 0 Å². The Morgan fingerprint density at radius 3 is 2.61 bits per heavy atom. The molecule has 0 unspecified atom stereocenters. The van der Waals surface area contributed by atoms with Crippen LogP contribution >= 0.6 is 11.3 Å². The highest BCUT2D eigenvalue weighted by molar-refractivity contribution is 7.17. The molecule has 1 aromatic carbocycles. The van der Waals surface area contributed by atoms with Crippen LogP contribution in [-0.2, 0) is 0 Å². The van der Waals surface area contributed by atoms with Crippen LogP contribution in [0.2, 0.25) is 0 Å². The molecule has 2 heterocycles. The molecule has 0 atom stereocenters. The van der Waals surface area contributed by atoms with E-state index in [0.717, 1.165) is 53.6 Å². The normalized spacial score (nSPS) is 15.5. The van der Waals surface area contributed by atoms with Gasteiger partial charge in [-0.2, -0.15) is 0 Å². The molecule has 1 fully saturated rings. The second-order valence-corrected chi connectivity index (χ2v) is 9.08. The van der Waals surface area contributed by atoms with E-state index in [2.05, 4.69) is 67.2 Å². The van der Waals surface area contributed by atoms with Crippen LogP contribution in [0.25, 0.3) is 10.6 Å². The summed E-state index contributed by atoms with van der Waals surface area (Å²) in [4.78, 5) is 20.7. The predicted molar refractivity (Wildman–Crippen MR) is 118 cm³/mol. The van der Waals surface area contributed by atoms with Crippen LogP contribution in [0.3, 0.4) is 0 Å². The van der Waals surface area contributed by atoms with Crippen LogP contribution in [0.1, 0.15) is 53.2 Å². The van der Waals surface area contributed by atoms with Crippen molar-refractivity contribution in [2.45, 2.75) is 53.5 Å². The number of likely N-dealkylation sites (tertiary alicyclic amines) is 1. The number of rotatable bonds is 5. The van der Waals surface area contributed by atoms with Crippen molar-refractivity contribution >= 4 is 17.2 Å². The molecular formula is C23H31N3OS. The Hall–Kier alpha value is -1.98. The lowest BCUT2D eigenvalue weighted by atomic mass is 10.0. The summed E-state index contributed by atoms with van der Waals surface area (Å²) in [7, 11) is 0. The Labute approximate surface area is 172 Å². The van der Waals surface area contributed by atoms with Gasteiger partial charge in [-0.1, -0.05) is 35.4 Å². The van der Waals surface area contributed by atoms with Crippen LogP contribution in [0.15, 0.2) is 29.8 Å². The average molecular weight is 398 g/mol. The first kappa shape index (κ1) is 20.7. The van der Waals surface area contributed by atoms with Gasteiger partial charge in [-0.15, -0.1) is 11.3 Å². The number of nitrogens with zero attached hydrogens (tertiary/aromatic N) is 2. The Bertz CT molecular complexity index is 872. The molecule has 1 aliphatic heterocycles. The van der Waals surface area contributed by atoms with Crippen LogP contribution in [0, 0.1) is 20.8 Å². The zero-order chi connectivity index (χ0) is 20.3. The first-order valence-corrected chi connectivity index (χ1v) is 10.9. The minimum Gasteiger partial charge on any atom is -0.348 e. The zero-order valence-electron chi connectivity index (χ0n) is 17.6. The smallest absolute Gasteiger partial charge is 0.263 e. The van der Waals surface area contributed by atoms with Crippen molar-refractivity contribution in [1.29, 1.82) is 0 Å². The minimum absolute atomic E-state index is 0.0220. The van der Waals surface area contributed by atoms with Crippen molar-refractivity contribution in [2.75, 3.05) is 19.6 Å². The van der Waals surface area contributed by atoms with Gasteiger partial charge in [-0.25, -0.2) is 4.98 Å². The zero-order valence-corrected chi connectivity index (χ0v) is 18.4. The lowest BCUT2D eigenvalue weighted by molar-refractivity contribution is 0.0917. The molecule has 5 heteroatoms. The number of nitrogens with one attached hydrogen (secondary N) is 1. The van der Waals surface area contributed by atoms with E-state index in [-0.39, 0.29) is 11.9 Å². The summed E-state index contributed by atoms with van der Waals surface area (Å²) in [6, 6.07) is 6.62. The number of aromatic nitrogens is 1. The molecule has 0 bridgehead atoms. The quantitative estimate of drug-likeness (QED) is 0.730. The summed E-state index contributed by atoms with van der Waals surface area (Å²) >= 11 is 1.50. The second-order valence-electron chi connectivity index (χ2n) is 8.08. The monoisotopic (exact) mass is 397 g/mol. The van der Waals surface area contributed by atoms with Gasteiger partial charge in [0.05, 0.1) is 5.69 Å². The largest absolute Gasteiger partial charge is 0.348 e. The molecule has 0 spiro atoms. The fraction of sp³-hybridized carbons (Fsp3) is 0.478. The van der Waals surface area contributed by atoms with Gasteiger partial charge in [-0.3, -0.25) is 9.69 Å². The van der Waals surface area contributed by atoms with Crippen molar-refractivity contribution in [3.8, 4) is 10.6 Å². The van der Waals surface area contributed by atoms with E-state index in [1.54, 1.807) is 0 Å². The average Bonchev–Trinajstić information content (AvgIpc) is 3.02. The second kappa shape index (κ2) is 9.01. The number of carbonyl (C=O) groups is 1. The third-order valence-electron chi connectivity index (χ3n) is 5.30. The number of thiazole rings is 1. The number of carbonyl (C=O) groups excluding carboxylic acids is 1. The molecule has 1 N–H and O–H groups in total. The summed E-state index contributed by atoms with van der Waals surface area (Å²) in [6.07, 6.45) is 4.28. The number of allylic oxidation sites excluding steroid dienone is 1. The van der Waals surface area contributed by atoms with E-state index in [0.29, 0.717) is 0 Å². The highest BCUT2D eigenvalue weighted by atomic mass is 32.1. The van der Waals surface area contributed by atoms with Crippen LogP contribution in [-0.4, -0.2) is 41.5 Å². The van der Waals surface area contributed by atoms with Gasteiger partial charge >= 0.3 is 0 Å². The Morgan fingerprint density at radius 2 is 1.96 bits per heavy atom.